The Morgan fingerprint density at radius 1 is 1.50 bits per heavy atom. The Kier molecular flexibility index (Phi) is 3.45. The van der Waals surface area contributed by atoms with Crippen LogP contribution in [0.15, 0.2) is 18.3 Å². The molecule has 0 aromatic carbocycles. The summed E-state index contributed by atoms with van der Waals surface area (Å²) in [6, 6.07) is 3.42. The summed E-state index contributed by atoms with van der Waals surface area (Å²) < 4.78 is 5.01. The number of carbonyl (C=O) groups is 1. The molecule has 0 unspecified atom stereocenters. The van der Waals surface area contributed by atoms with E-state index in [9.17, 15) is 4.79 Å². The first-order chi connectivity index (χ1) is 6.63. The van der Waals surface area contributed by atoms with Crippen LogP contribution in [0.1, 0.15) is 24.2 Å². The van der Waals surface area contributed by atoms with Gasteiger partial charge in [0.2, 0.25) is 0 Å². The number of aromatic nitrogens is 1. The highest BCUT2D eigenvalue weighted by Crippen LogP contribution is 2.06. The smallest absolute Gasteiger partial charge is 0.339 e. The first-order valence-corrected chi connectivity index (χ1v) is 4.48. The quantitative estimate of drug-likeness (QED) is 0.744. The highest BCUT2D eigenvalue weighted by atomic mass is 16.5. The van der Waals surface area contributed by atoms with Crippen LogP contribution in [0.25, 0.3) is 0 Å². The molecule has 4 heteroatoms. The molecule has 0 saturated carbocycles. The Hall–Kier alpha value is -1.58. The molecule has 1 N–H and O–H groups in total. The third-order valence-corrected chi connectivity index (χ3v) is 1.60. The normalized spacial score (nSPS) is 10.0. The van der Waals surface area contributed by atoms with E-state index in [1.54, 1.807) is 19.2 Å². The molecule has 76 valence electrons. The minimum atomic E-state index is -0.338. The predicted molar refractivity (Wildman–Crippen MR) is 54.3 cm³/mol. The van der Waals surface area contributed by atoms with Crippen LogP contribution in [0.4, 0.5) is 5.82 Å². The lowest BCUT2D eigenvalue weighted by molar-refractivity contribution is 0.0377. The molecular formula is C10H14N2O2. The number of ether oxygens (including phenoxy) is 1. The standard InChI is InChI=1S/C10H14N2O2/c1-7(2)14-10(13)8-4-5-9(11-3)12-6-8/h4-7H,1-3H3,(H,11,12). The van der Waals surface area contributed by atoms with Crippen LogP contribution >= 0.6 is 0 Å². The van der Waals surface area contributed by atoms with Gasteiger partial charge in [-0.1, -0.05) is 0 Å². The lowest BCUT2D eigenvalue weighted by Crippen LogP contribution is -2.11. The van der Waals surface area contributed by atoms with E-state index in [0.717, 1.165) is 5.82 Å². The topological polar surface area (TPSA) is 51.2 Å². The van der Waals surface area contributed by atoms with Crippen molar-refractivity contribution >= 4 is 11.8 Å². The molecule has 1 aromatic heterocycles. The van der Waals surface area contributed by atoms with Gasteiger partial charge in [0.15, 0.2) is 0 Å². The third kappa shape index (κ3) is 2.73. The van der Waals surface area contributed by atoms with Crippen molar-refractivity contribution in [2.45, 2.75) is 20.0 Å². The highest BCUT2D eigenvalue weighted by molar-refractivity contribution is 5.89. The molecule has 0 amide bonds. The van der Waals surface area contributed by atoms with Gasteiger partial charge in [-0.3, -0.25) is 0 Å². The van der Waals surface area contributed by atoms with Crippen LogP contribution in [0.5, 0.6) is 0 Å². The summed E-state index contributed by atoms with van der Waals surface area (Å²) in [6.45, 7) is 3.63. The van der Waals surface area contributed by atoms with E-state index >= 15 is 0 Å². The molecule has 14 heavy (non-hydrogen) atoms. The zero-order valence-corrected chi connectivity index (χ0v) is 8.57. The fraction of sp³-hybridized carbons (Fsp3) is 0.400. The van der Waals surface area contributed by atoms with Crippen LogP contribution in [0, 0.1) is 0 Å². The Morgan fingerprint density at radius 2 is 2.21 bits per heavy atom. The summed E-state index contributed by atoms with van der Waals surface area (Å²) in [6.07, 6.45) is 1.39. The fourth-order valence-corrected chi connectivity index (χ4v) is 0.945. The maximum atomic E-state index is 11.4. The van der Waals surface area contributed by atoms with Gasteiger partial charge in [0.05, 0.1) is 11.7 Å². The van der Waals surface area contributed by atoms with Crippen molar-refractivity contribution in [3.8, 4) is 0 Å². The van der Waals surface area contributed by atoms with Gasteiger partial charge in [0.25, 0.3) is 0 Å². The second-order valence-corrected chi connectivity index (χ2v) is 3.14. The fourth-order valence-electron chi connectivity index (χ4n) is 0.945. The molecule has 0 aliphatic rings. The zero-order valence-electron chi connectivity index (χ0n) is 8.57. The molecule has 0 aliphatic heterocycles. The molecule has 0 saturated heterocycles. The summed E-state index contributed by atoms with van der Waals surface area (Å²) >= 11 is 0. The largest absolute Gasteiger partial charge is 0.459 e. The number of pyridine rings is 1. The second kappa shape index (κ2) is 4.60. The Labute approximate surface area is 83.3 Å². The number of anilines is 1. The number of hydrogen-bond donors (Lipinski definition) is 1. The van der Waals surface area contributed by atoms with Crippen molar-refractivity contribution in [2.75, 3.05) is 12.4 Å². The average molecular weight is 194 g/mol. The van der Waals surface area contributed by atoms with Crippen molar-refractivity contribution in [2.24, 2.45) is 0 Å². The number of esters is 1. The number of hydrogen-bond acceptors (Lipinski definition) is 4. The van der Waals surface area contributed by atoms with Gasteiger partial charge >= 0.3 is 5.97 Å². The van der Waals surface area contributed by atoms with E-state index in [0.29, 0.717) is 5.56 Å². The van der Waals surface area contributed by atoms with Gasteiger partial charge < -0.3 is 10.1 Å². The summed E-state index contributed by atoms with van der Waals surface area (Å²) in [5.74, 6) is 0.390. The van der Waals surface area contributed by atoms with Gasteiger partial charge in [0.1, 0.15) is 5.82 Å². The van der Waals surface area contributed by atoms with E-state index in [4.69, 9.17) is 4.74 Å². The van der Waals surface area contributed by atoms with Gasteiger partial charge in [-0.25, -0.2) is 9.78 Å². The Bertz CT molecular complexity index is 306. The molecule has 1 heterocycles. The monoisotopic (exact) mass is 194 g/mol. The number of nitrogens with zero attached hydrogens (tertiary/aromatic N) is 1. The maximum Gasteiger partial charge on any atom is 0.339 e. The summed E-state index contributed by atoms with van der Waals surface area (Å²) in [5, 5.41) is 2.87. The highest BCUT2D eigenvalue weighted by Gasteiger charge is 2.08. The zero-order chi connectivity index (χ0) is 10.6. The van der Waals surface area contributed by atoms with E-state index in [1.807, 2.05) is 13.8 Å². The molecule has 0 atom stereocenters. The van der Waals surface area contributed by atoms with Crippen LogP contribution in [0.3, 0.4) is 0 Å². The van der Waals surface area contributed by atoms with E-state index in [-0.39, 0.29) is 12.1 Å². The molecule has 1 aromatic rings. The molecule has 0 aliphatic carbocycles. The SMILES string of the molecule is CNc1ccc(C(=O)OC(C)C)cn1. The predicted octanol–water partition coefficient (Wildman–Crippen LogP) is 1.69. The van der Waals surface area contributed by atoms with Crippen LogP contribution in [0.2, 0.25) is 0 Å². The first-order valence-electron chi connectivity index (χ1n) is 4.48. The van der Waals surface area contributed by atoms with Crippen molar-refractivity contribution in [3.05, 3.63) is 23.9 Å². The van der Waals surface area contributed by atoms with Gasteiger partial charge in [-0.15, -0.1) is 0 Å². The lowest BCUT2D eigenvalue weighted by Gasteiger charge is -2.07. The van der Waals surface area contributed by atoms with Crippen molar-refractivity contribution in [3.63, 3.8) is 0 Å². The van der Waals surface area contributed by atoms with Crippen LogP contribution in [-0.4, -0.2) is 24.1 Å². The molecule has 0 fully saturated rings. The third-order valence-electron chi connectivity index (χ3n) is 1.60. The van der Waals surface area contributed by atoms with Crippen molar-refractivity contribution in [1.29, 1.82) is 0 Å². The van der Waals surface area contributed by atoms with Crippen molar-refractivity contribution in [1.82, 2.24) is 4.98 Å². The first kappa shape index (κ1) is 10.5. The second-order valence-electron chi connectivity index (χ2n) is 3.14. The molecule has 1 rings (SSSR count). The van der Waals surface area contributed by atoms with Gasteiger partial charge in [-0.2, -0.15) is 0 Å². The minimum Gasteiger partial charge on any atom is -0.459 e. The van der Waals surface area contributed by atoms with E-state index in [2.05, 4.69) is 10.3 Å². The number of nitrogens with one attached hydrogen (secondary N) is 1. The Morgan fingerprint density at radius 3 is 2.64 bits per heavy atom. The molecule has 0 radical (unpaired) electrons. The van der Waals surface area contributed by atoms with Crippen molar-refractivity contribution < 1.29 is 9.53 Å². The van der Waals surface area contributed by atoms with Crippen LogP contribution in [-0.2, 0) is 4.74 Å². The molecule has 4 nitrogen and oxygen atoms in total. The molecule has 0 spiro atoms. The molecular weight excluding hydrogens is 180 g/mol. The summed E-state index contributed by atoms with van der Waals surface area (Å²) in [7, 11) is 1.77. The van der Waals surface area contributed by atoms with Gasteiger partial charge in [-0.05, 0) is 26.0 Å². The van der Waals surface area contributed by atoms with E-state index < -0.39 is 0 Å². The lowest BCUT2D eigenvalue weighted by atomic mass is 10.3. The van der Waals surface area contributed by atoms with Crippen LogP contribution < -0.4 is 5.32 Å². The maximum absolute atomic E-state index is 11.4. The minimum absolute atomic E-state index is 0.105. The van der Waals surface area contributed by atoms with Gasteiger partial charge in [0, 0.05) is 13.2 Å². The Balaban J connectivity index is 2.71. The summed E-state index contributed by atoms with van der Waals surface area (Å²) in [4.78, 5) is 15.4. The molecule has 0 bridgehead atoms. The number of rotatable bonds is 3. The summed E-state index contributed by atoms with van der Waals surface area (Å²) in [5.41, 5.74) is 0.470. The average Bonchev–Trinajstić information content (AvgIpc) is 2.17. The van der Waals surface area contributed by atoms with E-state index in [1.165, 1.54) is 6.20 Å². The number of carbonyl (C=O) groups excluding carboxylic acids is 1.